The Morgan fingerprint density at radius 2 is 0.881 bits per heavy atom. The molecule has 3 unspecified atom stereocenters. The number of phosphoric acid groups is 1. The molecule has 0 aliphatic heterocycles. The summed E-state index contributed by atoms with van der Waals surface area (Å²) in [6.07, 6.45) is 65.9. The van der Waals surface area contributed by atoms with Crippen LogP contribution in [0.5, 0.6) is 0 Å². The maximum absolute atomic E-state index is 12.9. The van der Waals surface area contributed by atoms with E-state index in [1.807, 2.05) is 27.2 Å². The van der Waals surface area contributed by atoms with Crippen molar-refractivity contribution in [2.75, 3.05) is 40.9 Å². The van der Waals surface area contributed by atoms with Gasteiger partial charge in [-0.15, -0.1) is 0 Å². The number of nitrogens with one attached hydrogen (secondary N) is 1. The number of likely N-dealkylation sites (N-methyl/N-ethyl adjacent to an activating group) is 1. The first-order chi connectivity index (χ1) is 32.5. The molecule has 0 aromatic heterocycles. The Labute approximate surface area is 415 Å². The van der Waals surface area contributed by atoms with Crippen molar-refractivity contribution >= 4 is 13.7 Å². The molecule has 0 radical (unpaired) electrons. The molecule has 1 amide bonds. The molecule has 2 N–H and O–H groups in total. The minimum atomic E-state index is -4.61. The van der Waals surface area contributed by atoms with Crippen molar-refractivity contribution in [3.05, 3.63) is 60.8 Å². The van der Waals surface area contributed by atoms with Crippen LogP contribution in [0.15, 0.2) is 60.8 Å². The molecule has 0 aliphatic rings. The lowest BCUT2D eigenvalue weighted by atomic mass is 10.0. The number of amides is 1. The summed E-state index contributed by atoms with van der Waals surface area (Å²) in [6.45, 7) is 4.60. The first-order valence-corrected chi connectivity index (χ1v) is 29.6. The van der Waals surface area contributed by atoms with Gasteiger partial charge in [-0.1, -0.05) is 229 Å². The van der Waals surface area contributed by atoms with Crippen LogP contribution in [0.2, 0.25) is 0 Å². The number of aliphatic hydroxyl groups excluding tert-OH is 1. The van der Waals surface area contributed by atoms with Crippen LogP contribution < -0.4 is 10.2 Å². The van der Waals surface area contributed by atoms with Crippen molar-refractivity contribution in [1.29, 1.82) is 0 Å². The predicted molar refractivity (Wildman–Crippen MR) is 288 cm³/mol. The van der Waals surface area contributed by atoms with E-state index in [9.17, 15) is 19.4 Å². The standard InChI is InChI=1S/C58H109N2O6P/c1-6-8-10-12-14-16-18-20-22-24-25-26-27-28-29-30-31-32-33-34-36-37-39-41-43-45-47-49-51-57(61)56(55-66-67(63,64)65-54-53-60(3,4)5)59-58(62)52-50-48-46-44-42-40-38-35-23-21-19-17-15-13-11-9-7-2/h15,17,21,23,34,36,41,43,49,51,56-57,61H,6-14,16,18-20,22,24-33,35,37-40,42,44-48,50,52-55H2,1-5H3,(H-,59,62,63,64)/b17-15-,23-21-,36-34+,43-41+,51-49+. The third-order valence-electron chi connectivity index (χ3n) is 12.4. The zero-order valence-electron chi connectivity index (χ0n) is 44.6. The highest BCUT2D eigenvalue weighted by Crippen LogP contribution is 2.38. The SMILES string of the molecule is CCCCC/C=C\C/C=C\CCCCCCCCCC(=O)NC(COP(=O)([O-])OCC[N+](C)(C)C)C(O)/C=C/CC/C=C/CC/C=C/CCCCCCCCCCCCCCCCCCCC. The summed E-state index contributed by atoms with van der Waals surface area (Å²) >= 11 is 0. The van der Waals surface area contributed by atoms with Crippen LogP contribution in [0.25, 0.3) is 0 Å². The normalized spacial score (nSPS) is 14.4. The molecule has 0 fully saturated rings. The Bertz CT molecular complexity index is 1270. The third kappa shape index (κ3) is 51.9. The molecule has 392 valence electrons. The monoisotopic (exact) mass is 961 g/mol. The second-order valence-corrected chi connectivity index (χ2v) is 21.7. The molecular formula is C58H109N2O6P. The van der Waals surface area contributed by atoms with Crippen molar-refractivity contribution in [3.8, 4) is 0 Å². The molecule has 9 heteroatoms. The van der Waals surface area contributed by atoms with Gasteiger partial charge in [-0.25, -0.2) is 0 Å². The van der Waals surface area contributed by atoms with Gasteiger partial charge in [0.25, 0.3) is 7.82 Å². The number of carbonyl (C=O) groups is 1. The highest BCUT2D eigenvalue weighted by Gasteiger charge is 2.23. The number of aliphatic hydroxyl groups is 1. The average molecular weight is 961 g/mol. The predicted octanol–water partition coefficient (Wildman–Crippen LogP) is 16.3. The van der Waals surface area contributed by atoms with E-state index in [0.29, 0.717) is 17.4 Å². The Hall–Kier alpha value is -1.80. The van der Waals surface area contributed by atoms with Crippen molar-refractivity contribution in [3.63, 3.8) is 0 Å². The van der Waals surface area contributed by atoms with Gasteiger partial charge in [0.1, 0.15) is 13.2 Å². The van der Waals surface area contributed by atoms with Crippen LogP contribution >= 0.6 is 7.82 Å². The molecule has 0 saturated heterocycles. The van der Waals surface area contributed by atoms with Crippen LogP contribution in [0, 0.1) is 0 Å². The van der Waals surface area contributed by atoms with Crippen molar-refractivity contribution in [2.24, 2.45) is 0 Å². The van der Waals surface area contributed by atoms with Crippen molar-refractivity contribution < 1.29 is 32.9 Å². The summed E-state index contributed by atoms with van der Waals surface area (Å²) in [4.78, 5) is 25.4. The molecule has 0 bridgehead atoms. The molecule has 0 aliphatic carbocycles. The summed E-state index contributed by atoms with van der Waals surface area (Å²) in [6, 6.07) is -0.917. The minimum Gasteiger partial charge on any atom is -0.756 e. The average Bonchev–Trinajstić information content (AvgIpc) is 3.29. The van der Waals surface area contributed by atoms with Gasteiger partial charge in [-0.05, 0) is 77.0 Å². The molecule has 0 aromatic rings. The summed E-state index contributed by atoms with van der Waals surface area (Å²) < 4.78 is 23.3. The lowest BCUT2D eigenvalue weighted by molar-refractivity contribution is -0.870. The number of hydrogen-bond donors (Lipinski definition) is 2. The van der Waals surface area contributed by atoms with Crippen LogP contribution in [-0.2, 0) is 18.4 Å². The van der Waals surface area contributed by atoms with Crippen LogP contribution in [0.3, 0.4) is 0 Å². The van der Waals surface area contributed by atoms with E-state index in [4.69, 9.17) is 9.05 Å². The van der Waals surface area contributed by atoms with Gasteiger partial charge >= 0.3 is 0 Å². The first kappa shape index (κ1) is 65.2. The second kappa shape index (κ2) is 49.2. The number of hydrogen-bond acceptors (Lipinski definition) is 6. The third-order valence-corrected chi connectivity index (χ3v) is 13.4. The van der Waals surface area contributed by atoms with Gasteiger partial charge < -0.3 is 28.8 Å². The zero-order valence-corrected chi connectivity index (χ0v) is 45.5. The van der Waals surface area contributed by atoms with E-state index in [2.05, 4.69) is 67.8 Å². The molecular weight excluding hydrogens is 852 g/mol. The minimum absolute atomic E-state index is 0.0125. The number of phosphoric ester groups is 1. The summed E-state index contributed by atoms with van der Waals surface area (Å²) in [5, 5.41) is 13.8. The van der Waals surface area contributed by atoms with E-state index in [-0.39, 0.29) is 12.5 Å². The van der Waals surface area contributed by atoms with Crippen LogP contribution in [0.4, 0.5) is 0 Å². The number of quaternary nitrogens is 1. The topological polar surface area (TPSA) is 108 Å². The Kier molecular flexibility index (Phi) is 47.9. The fraction of sp³-hybridized carbons (Fsp3) is 0.810. The van der Waals surface area contributed by atoms with Gasteiger partial charge in [0.05, 0.1) is 39.9 Å². The fourth-order valence-electron chi connectivity index (χ4n) is 7.98. The lowest BCUT2D eigenvalue weighted by Gasteiger charge is -2.29. The molecule has 0 rings (SSSR count). The largest absolute Gasteiger partial charge is 0.756 e. The molecule has 0 heterocycles. The van der Waals surface area contributed by atoms with Gasteiger partial charge in [0, 0.05) is 6.42 Å². The lowest BCUT2D eigenvalue weighted by Crippen LogP contribution is -2.45. The second-order valence-electron chi connectivity index (χ2n) is 20.3. The maximum Gasteiger partial charge on any atom is 0.268 e. The fourth-order valence-corrected chi connectivity index (χ4v) is 8.70. The molecule has 0 spiro atoms. The van der Waals surface area contributed by atoms with E-state index < -0.39 is 26.6 Å². The number of rotatable bonds is 51. The van der Waals surface area contributed by atoms with Gasteiger partial charge in [0.2, 0.25) is 5.91 Å². The molecule has 67 heavy (non-hydrogen) atoms. The summed E-state index contributed by atoms with van der Waals surface area (Å²) in [7, 11) is 1.23. The number of unbranched alkanes of at least 4 members (excludes halogenated alkanes) is 30. The van der Waals surface area contributed by atoms with Crippen molar-refractivity contribution in [2.45, 2.75) is 264 Å². The van der Waals surface area contributed by atoms with Gasteiger partial charge in [-0.3, -0.25) is 9.36 Å². The van der Waals surface area contributed by atoms with Gasteiger partial charge in [0.15, 0.2) is 0 Å². The molecule has 0 aromatic carbocycles. The number of nitrogens with zero attached hydrogens (tertiary/aromatic N) is 1. The highest BCUT2D eigenvalue weighted by molar-refractivity contribution is 7.45. The summed E-state index contributed by atoms with van der Waals surface area (Å²) in [5.74, 6) is -0.220. The summed E-state index contributed by atoms with van der Waals surface area (Å²) in [5.41, 5.74) is 0. The van der Waals surface area contributed by atoms with E-state index in [0.717, 1.165) is 64.2 Å². The van der Waals surface area contributed by atoms with Crippen LogP contribution in [-0.4, -0.2) is 68.5 Å². The Balaban J connectivity index is 4.29. The Morgan fingerprint density at radius 1 is 0.522 bits per heavy atom. The van der Waals surface area contributed by atoms with E-state index >= 15 is 0 Å². The molecule has 3 atom stereocenters. The zero-order chi connectivity index (χ0) is 49.2. The van der Waals surface area contributed by atoms with Gasteiger partial charge in [-0.2, -0.15) is 0 Å². The number of carbonyl (C=O) groups excluding carboxylic acids is 1. The first-order valence-electron chi connectivity index (χ1n) is 28.2. The Morgan fingerprint density at radius 3 is 1.33 bits per heavy atom. The van der Waals surface area contributed by atoms with Crippen LogP contribution in [0.1, 0.15) is 251 Å². The molecule has 0 saturated carbocycles. The van der Waals surface area contributed by atoms with E-state index in [1.54, 1.807) is 6.08 Å². The van der Waals surface area contributed by atoms with E-state index in [1.165, 1.54) is 167 Å². The molecule has 8 nitrogen and oxygen atoms in total. The maximum atomic E-state index is 12.9. The number of allylic oxidation sites excluding steroid dienone is 9. The highest BCUT2D eigenvalue weighted by atomic mass is 31.2. The smallest absolute Gasteiger partial charge is 0.268 e. The van der Waals surface area contributed by atoms with Crippen molar-refractivity contribution in [1.82, 2.24) is 5.32 Å². The quantitative estimate of drug-likeness (QED) is 0.0272.